The molecule has 3 rings (SSSR count). The number of thiophene rings is 1. The number of amides is 3. The van der Waals surface area contributed by atoms with Crippen molar-refractivity contribution in [3.05, 3.63) is 57.8 Å². The summed E-state index contributed by atoms with van der Waals surface area (Å²) in [4.78, 5) is 41.2. The van der Waals surface area contributed by atoms with Crippen molar-refractivity contribution in [2.45, 2.75) is 12.5 Å². The largest absolute Gasteiger partial charge is 0.354 e. The average molecular weight is 371 g/mol. The highest BCUT2D eigenvalue weighted by Gasteiger charge is 2.34. The predicted octanol–water partition coefficient (Wildman–Crippen LogP) is 2.15. The third-order valence-corrected chi connectivity index (χ3v) is 5.40. The minimum absolute atomic E-state index is 0.0871. The van der Waals surface area contributed by atoms with Crippen LogP contribution < -0.4 is 5.32 Å². The number of rotatable bonds is 7. The van der Waals surface area contributed by atoms with E-state index in [1.165, 1.54) is 4.88 Å². The zero-order chi connectivity index (χ0) is 18.7. The van der Waals surface area contributed by atoms with Gasteiger partial charge in [-0.15, -0.1) is 11.3 Å². The van der Waals surface area contributed by atoms with Crippen molar-refractivity contribution in [1.82, 2.24) is 15.1 Å². The lowest BCUT2D eigenvalue weighted by Gasteiger charge is -2.23. The van der Waals surface area contributed by atoms with Crippen LogP contribution in [-0.2, 0) is 4.79 Å². The molecule has 2 heterocycles. The third kappa shape index (κ3) is 3.68. The van der Waals surface area contributed by atoms with E-state index in [9.17, 15) is 14.4 Å². The fraction of sp³-hybridized carbons (Fsp3) is 0.316. The van der Waals surface area contributed by atoms with Gasteiger partial charge in [0.15, 0.2) is 0 Å². The molecule has 2 aromatic rings. The maximum atomic E-state index is 12.3. The van der Waals surface area contributed by atoms with Gasteiger partial charge in [0, 0.05) is 24.4 Å². The zero-order valence-electron chi connectivity index (χ0n) is 14.8. The first-order chi connectivity index (χ1) is 12.5. The van der Waals surface area contributed by atoms with Crippen molar-refractivity contribution in [3.8, 4) is 0 Å². The van der Waals surface area contributed by atoms with E-state index in [1.54, 1.807) is 35.6 Å². The number of fused-ring (bicyclic) bond motifs is 1. The lowest BCUT2D eigenvalue weighted by Crippen LogP contribution is -2.37. The molecule has 0 fully saturated rings. The van der Waals surface area contributed by atoms with Gasteiger partial charge in [0.05, 0.1) is 17.2 Å². The molecule has 1 unspecified atom stereocenters. The molecule has 0 radical (unpaired) electrons. The van der Waals surface area contributed by atoms with E-state index in [0.29, 0.717) is 17.7 Å². The van der Waals surface area contributed by atoms with E-state index in [1.807, 2.05) is 31.6 Å². The Balaban J connectivity index is 1.53. The quantitative estimate of drug-likeness (QED) is 0.757. The topological polar surface area (TPSA) is 69.7 Å². The Kier molecular flexibility index (Phi) is 5.49. The van der Waals surface area contributed by atoms with Gasteiger partial charge in [-0.3, -0.25) is 19.3 Å². The molecule has 1 aromatic heterocycles. The van der Waals surface area contributed by atoms with E-state index in [2.05, 4.69) is 10.2 Å². The molecular weight excluding hydrogens is 350 g/mol. The van der Waals surface area contributed by atoms with Gasteiger partial charge in [-0.05, 0) is 37.7 Å². The molecule has 1 aliphatic rings. The normalized spacial score (nSPS) is 14.7. The highest BCUT2D eigenvalue weighted by atomic mass is 32.1. The van der Waals surface area contributed by atoms with Gasteiger partial charge in [-0.1, -0.05) is 18.2 Å². The second kappa shape index (κ2) is 7.80. The van der Waals surface area contributed by atoms with Crippen LogP contribution in [0.5, 0.6) is 0 Å². The molecule has 136 valence electrons. The van der Waals surface area contributed by atoms with E-state index < -0.39 is 0 Å². The predicted molar refractivity (Wildman–Crippen MR) is 100 cm³/mol. The number of nitrogens with zero attached hydrogens (tertiary/aromatic N) is 2. The number of benzene rings is 1. The third-order valence-electron chi connectivity index (χ3n) is 4.43. The van der Waals surface area contributed by atoms with Gasteiger partial charge in [0.1, 0.15) is 0 Å². The Labute approximate surface area is 156 Å². The van der Waals surface area contributed by atoms with E-state index in [-0.39, 0.29) is 36.7 Å². The summed E-state index contributed by atoms with van der Waals surface area (Å²) in [5.74, 6) is -0.837. The molecule has 3 amide bonds. The highest BCUT2D eigenvalue weighted by molar-refractivity contribution is 7.10. The van der Waals surface area contributed by atoms with E-state index in [4.69, 9.17) is 0 Å². The Hall–Kier alpha value is -2.51. The Morgan fingerprint density at radius 2 is 1.77 bits per heavy atom. The number of carbonyl (C=O) groups is 3. The van der Waals surface area contributed by atoms with Crippen LogP contribution in [0.3, 0.4) is 0 Å². The zero-order valence-corrected chi connectivity index (χ0v) is 15.6. The van der Waals surface area contributed by atoms with Gasteiger partial charge in [0.25, 0.3) is 11.8 Å². The number of hydrogen-bond acceptors (Lipinski definition) is 5. The Morgan fingerprint density at radius 3 is 2.31 bits per heavy atom. The molecule has 26 heavy (non-hydrogen) atoms. The van der Waals surface area contributed by atoms with Gasteiger partial charge < -0.3 is 10.2 Å². The molecule has 1 atom stereocenters. The summed E-state index contributed by atoms with van der Waals surface area (Å²) in [6, 6.07) is 10.9. The molecule has 7 heteroatoms. The van der Waals surface area contributed by atoms with Crippen molar-refractivity contribution < 1.29 is 14.4 Å². The summed E-state index contributed by atoms with van der Waals surface area (Å²) in [7, 11) is 3.94. The molecule has 0 saturated heterocycles. The smallest absolute Gasteiger partial charge is 0.261 e. The minimum atomic E-state index is -0.330. The van der Waals surface area contributed by atoms with Crippen LogP contribution in [0, 0.1) is 0 Å². The summed E-state index contributed by atoms with van der Waals surface area (Å²) in [5, 5.41) is 4.91. The van der Waals surface area contributed by atoms with E-state index in [0.717, 1.165) is 4.90 Å². The standard InChI is InChI=1S/C19H21N3O3S/c1-21(2)15(16-8-5-11-26-16)12-20-17(23)9-10-22-18(24)13-6-3-4-7-14(13)19(22)25/h3-8,11,15H,9-10,12H2,1-2H3,(H,20,23). The number of nitrogens with one attached hydrogen (secondary N) is 1. The highest BCUT2D eigenvalue weighted by Crippen LogP contribution is 2.23. The summed E-state index contributed by atoms with van der Waals surface area (Å²) in [6.07, 6.45) is 0.0933. The minimum Gasteiger partial charge on any atom is -0.354 e. The number of imide groups is 1. The average Bonchev–Trinajstić information content (AvgIpc) is 3.22. The Morgan fingerprint density at radius 1 is 1.12 bits per heavy atom. The van der Waals surface area contributed by atoms with Crippen molar-refractivity contribution in [2.24, 2.45) is 0 Å². The van der Waals surface area contributed by atoms with Crippen molar-refractivity contribution in [1.29, 1.82) is 0 Å². The molecule has 0 saturated carbocycles. The van der Waals surface area contributed by atoms with Crippen LogP contribution in [0.2, 0.25) is 0 Å². The fourth-order valence-electron chi connectivity index (χ4n) is 2.97. The first-order valence-corrected chi connectivity index (χ1v) is 9.28. The van der Waals surface area contributed by atoms with Crippen LogP contribution in [0.1, 0.15) is 38.1 Å². The SMILES string of the molecule is CN(C)C(CNC(=O)CCN1C(=O)c2ccccc2C1=O)c1cccs1. The van der Waals surface area contributed by atoms with Crippen LogP contribution in [0.4, 0.5) is 0 Å². The van der Waals surface area contributed by atoms with Crippen molar-refractivity contribution in [3.63, 3.8) is 0 Å². The van der Waals surface area contributed by atoms with Gasteiger partial charge in [0.2, 0.25) is 5.91 Å². The van der Waals surface area contributed by atoms with Crippen molar-refractivity contribution in [2.75, 3.05) is 27.2 Å². The van der Waals surface area contributed by atoms with Crippen LogP contribution >= 0.6 is 11.3 Å². The molecule has 1 N–H and O–H groups in total. The molecule has 0 bridgehead atoms. The molecule has 1 aliphatic heterocycles. The first-order valence-electron chi connectivity index (χ1n) is 8.40. The maximum Gasteiger partial charge on any atom is 0.261 e. The summed E-state index contributed by atoms with van der Waals surface area (Å²) in [6.45, 7) is 0.568. The monoisotopic (exact) mass is 371 g/mol. The van der Waals surface area contributed by atoms with Crippen LogP contribution in [-0.4, -0.2) is 54.7 Å². The van der Waals surface area contributed by atoms with Gasteiger partial charge in [-0.25, -0.2) is 0 Å². The number of likely N-dealkylation sites (N-methyl/N-ethyl adjacent to an activating group) is 1. The second-order valence-electron chi connectivity index (χ2n) is 6.36. The van der Waals surface area contributed by atoms with Crippen LogP contribution in [0.15, 0.2) is 41.8 Å². The van der Waals surface area contributed by atoms with Gasteiger partial charge in [-0.2, -0.15) is 0 Å². The molecule has 1 aromatic carbocycles. The lowest BCUT2D eigenvalue weighted by atomic mass is 10.1. The second-order valence-corrected chi connectivity index (χ2v) is 7.34. The first kappa shape index (κ1) is 18.3. The molecule has 0 spiro atoms. The Bertz CT molecular complexity index is 782. The summed E-state index contributed by atoms with van der Waals surface area (Å²) in [5.41, 5.74) is 0.812. The van der Waals surface area contributed by atoms with Crippen LogP contribution in [0.25, 0.3) is 0 Å². The van der Waals surface area contributed by atoms with E-state index >= 15 is 0 Å². The molecule has 6 nitrogen and oxygen atoms in total. The maximum absolute atomic E-state index is 12.3. The number of hydrogen-bond donors (Lipinski definition) is 1. The van der Waals surface area contributed by atoms with Crippen molar-refractivity contribution >= 4 is 29.1 Å². The fourth-order valence-corrected chi connectivity index (χ4v) is 3.90. The lowest BCUT2D eigenvalue weighted by molar-refractivity contribution is -0.121. The molecule has 0 aliphatic carbocycles. The summed E-state index contributed by atoms with van der Waals surface area (Å²) < 4.78 is 0. The number of carbonyl (C=O) groups excluding carboxylic acids is 3. The summed E-state index contributed by atoms with van der Waals surface area (Å²) >= 11 is 1.65. The molecular formula is C19H21N3O3S. The van der Waals surface area contributed by atoms with Gasteiger partial charge >= 0.3 is 0 Å².